The summed E-state index contributed by atoms with van der Waals surface area (Å²) in [6.45, 7) is 0. The summed E-state index contributed by atoms with van der Waals surface area (Å²) in [6, 6.07) is 8.27. The minimum Gasteiger partial charge on any atom is -0.399 e. The Hall–Kier alpha value is -1.62. The topological polar surface area (TPSA) is 38.0 Å². The Kier molecular flexibility index (Phi) is 3.28. The molecule has 88 valence electrons. The normalized spacial score (nSPS) is 10.3. The van der Waals surface area contributed by atoms with Crippen molar-refractivity contribution in [3.8, 4) is 0 Å². The van der Waals surface area contributed by atoms with Crippen LogP contribution in [0.25, 0.3) is 0 Å². The van der Waals surface area contributed by atoms with Crippen molar-refractivity contribution in [1.29, 1.82) is 0 Å². The van der Waals surface area contributed by atoms with Crippen LogP contribution in [0.15, 0.2) is 40.9 Å². The van der Waals surface area contributed by atoms with Crippen molar-refractivity contribution in [3.63, 3.8) is 0 Å². The minimum atomic E-state index is -0.518. The summed E-state index contributed by atoms with van der Waals surface area (Å²) in [5.41, 5.74) is 6.86. The number of halogens is 3. The van der Waals surface area contributed by atoms with Crippen LogP contribution in [-0.4, -0.2) is 0 Å². The van der Waals surface area contributed by atoms with Gasteiger partial charge in [0, 0.05) is 16.2 Å². The van der Waals surface area contributed by atoms with Crippen molar-refractivity contribution in [2.75, 3.05) is 11.1 Å². The van der Waals surface area contributed by atoms with Crippen LogP contribution in [0, 0.1) is 11.6 Å². The van der Waals surface area contributed by atoms with E-state index in [2.05, 4.69) is 21.2 Å². The largest absolute Gasteiger partial charge is 0.399 e. The molecule has 0 saturated carbocycles. The molecule has 0 bridgehead atoms. The van der Waals surface area contributed by atoms with Crippen LogP contribution in [0.4, 0.5) is 25.8 Å². The van der Waals surface area contributed by atoms with E-state index in [4.69, 9.17) is 5.73 Å². The molecule has 0 unspecified atom stereocenters. The minimum absolute atomic E-state index is 0.0791. The Labute approximate surface area is 106 Å². The van der Waals surface area contributed by atoms with E-state index in [9.17, 15) is 8.78 Å². The van der Waals surface area contributed by atoms with Crippen molar-refractivity contribution in [3.05, 3.63) is 52.5 Å². The molecule has 0 aliphatic carbocycles. The van der Waals surface area contributed by atoms with E-state index in [-0.39, 0.29) is 5.69 Å². The van der Waals surface area contributed by atoms with Gasteiger partial charge in [-0.05, 0) is 46.3 Å². The molecule has 0 amide bonds. The summed E-state index contributed by atoms with van der Waals surface area (Å²) >= 11 is 3.29. The van der Waals surface area contributed by atoms with Crippen molar-refractivity contribution in [1.82, 2.24) is 0 Å². The quantitative estimate of drug-likeness (QED) is 0.821. The zero-order valence-electron chi connectivity index (χ0n) is 8.68. The molecule has 17 heavy (non-hydrogen) atoms. The Morgan fingerprint density at radius 3 is 2.47 bits per heavy atom. The number of hydrogen-bond donors (Lipinski definition) is 2. The zero-order valence-corrected chi connectivity index (χ0v) is 10.3. The molecule has 0 aromatic heterocycles. The molecule has 5 heteroatoms. The number of rotatable bonds is 2. The molecule has 2 aromatic rings. The Balaban J connectivity index is 2.34. The monoisotopic (exact) mass is 298 g/mol. The number of nitrogens with two attached hydrogens (primary N) is 1. The maximum atomic E-state index is 13.4. The summed E-state index contributed by atoms with van der Waals surface area (Å²) in [4.78, 5) is 0. The summed E-state index contributed by atoms with van der Waals surface area (Å²) < 4.78 is 27.1. The number of nitrogens with one attached hydrogen (secondary N) is 1. The molecule has 0 aliphatic heterocycles. The first-order valence-corrected chi connectivity index (χ1v) is 5.62. The van der Waals surface area contributed by atoms with Crippen LogP contribution < -0.4 is 11.1 Å². The fourth-order valence-electron chi connectivity index (χ4n) is 1.37. The van der Waals surface area contributed by atoms with Crippen LogP contribution in [0.1, 0.15) is 0 Å². The Bertz CT molecular complexity index is 558. The number of hydrogen-bond acceptors (Lipinski definition) is 2. The average Bonchev–Trinajstić information content (AvgIpc) is 2.27. The molecule has 3 N–H and O–H groups in total. The molecule has 2 nitrogen and oxygen atoms in total. The first-order chi connectivity index (χ1) is 8.06. The van der Waals surface area contributed by atoms with Gasteiger partial charge in [0.15, 0.2) is 0 Å². The third-order valence-electron chi connectivity index (χ3n) is 2.19. The van der Waals surface area contributed by atoms with Crippen LogP contribution >= 0.6 is 15.9 Å². The van der Waals surface area contributed by atoms with Crippen molar-refractivity contribution in [2.24, 2.45) is 0 Å². The van der Waals surface area contributed by atoms with Gasteiger partial charge in [0.25, 0.3) is 0 Å². The molecule has 0 spiro atoms. The molecule has 2 aromatic carbocycles. The first kappa shape index (κ1) is 11.9. The van der Waals surface area contributed by atoms with Gasteiger partial charge in [-0.2, -0.15) is 0 Å². The lowest BCUT2D eigenvalue weighted by molar-refractivity contribution is 0.603. The lowest BCUT2D eigenvalue weighted by atomic mass is 10.2. The van der Waals surface area contributed by atoms with Gasteiger partial charge in [0.05, 0.1) is 11.4 Å². The molecule has 0 saturated heterocycles. The van der Waals surface area contributed by atoms with E-state index >= 15 is 0 Å². The van der Waals surface area contributed by atoms with Gasteiger partial charge in [-0.3, -0.25) is 0 Å². The highest BCUT2D eigenvalue weighted by Crippen LogP contribution is 2.29. The van der Waals surface area contributed by atoms with Gasteiger partial charge < -0.3 is 11.1 Å². The van der Waals surface area contributed by atoms with Gasteiger partial charge in [0.2, 0.25) is 0 Å². The highest BCUT2D eigenvalue weighted by molar-refractivity contribution is 9.10. The number of benzene rings is 2. The number of nitrogen functional groups attached to an aromatic ring is 1. The van der Waals surface area contributed by atoms with Gasteiger partial charge in [-0.25, -0.2) is 8.78 Å². The van der Waals surface area contributed by atoms with Crippen molar-refractivity contribution < 1.29 is 8.78 Å². The Morgan fingerprint density at radius 1 is 1.00 bits per heavy atom. The molecular formula is C12H9BrF2N2. The summed E-state index contributed by atoms with van der Waals surface area (Å²) in [6.07, 6.45) is 0. The summed E-state index contributed by atoms with van der Waals surface area (Å²) in [5.74, 6) is -1.02. The van der Waals surface area contributed by atoms with E-state index < -0.39 is 11.6 Å². The third kappa shape index (κ3) is 2.74. The second kappa shape index (κ2) is 4.71. The first-order valence-electron chi connectivity index (χ1n) is 4.83. The maximum absolute atomic E-state index is 13.4. The lowest BCUT2D eigenvalue weighted by Crippen LogP contribution is -1.96. The number of anilines is 3. The van der Waals surface area contributed by atoms with Crippen LogP contribution in [-0.2, 0) is 0 Å². The van der Waals surface area contributed by atoms with Crippen molar-refractivity contribution in [2.45, 2.75) is 0 Å². The molecule has 0 heterocycles. The smallest absolute Gasteiger partial charge is 0.146 e. The predicted molar refractivity (Wildman–Crippen MR) is 68.2 cm³/mol. The lowest BCUT2D eigenvalue weighted by Gasteiger charge is -2.10. The Morgan fingerprint density at radius 2 is 1.76 bits per heavy atom. The molecule has 0 radical (unpaired) electrons. The van der Waals surface area contributed by atoms with Crippen LogP contribution in [0.2, 0.25) is 0 Å². The fraction of sp³-hybridized carbons (Fsp3) is 0. The molecule has 0 atom stereocenters. The highest BCUT2D eigenvalue weighted by Gasteiger charge is 2.06. The van der Waals surface area contributed by atoms with E-state index in [1.165, 1.54) is 0 Å². The van der Waals surface area contributed by atoms with Gasteiger partial charge >= 0.3 is 0 Å². The fourth-order valence-corrected chi connectivity index (χ4v) is 1.87. The molecular weight excluding hydrogens is 290 g/mol. The third-order valence-corrected chi connectivity index (χ3v) is 2.85. The summed E-state index contributed by atoms with van der Waals surface area (Å²) in [7, 11) is 0. The second-order valence-corrected chi connectivity index (χ2v) is 4.34. The van der Waals surface area contributed by atoms with E-state index in [1.54, 1.807) is 18.2 Å². The van der Waals surface area contributed by atoms with Gasteiger partial charge in [-0.1, -0.05) is 0 Å². The average molecular weight is 299 g/mol. The SMILES string of the molecule is Nc1ccc(Nc2cc(F)ccc2F)c(Br)c1. The summed E-state index contributed by atoms with van der Waals surface area (Å²) in [5, 5.41) is 2.79. The maximum Gasteiger partial charge on any atom is 0.146 e. The van der Waals surface area contributed by atoms with Crippen LogP contribution in [0.5, 0.6) is 0 Å². The zero-order chi connectivity index (χ0) is 12.4. The van der Waals surface area contributed by atoms with Gasteiger partial charge in [-0.15, -0.1) is 0 Å². The van der Waals surface area contributed by atoms with E-state index in [0.717, 1.165) is 18.2 Å². The predicted octanol–water partition coefficient (Wildman–Crippen LogP) is 4.05. The van der Waals surface area contributed by atoms with E-state index in [0.29, 0.717) is 15.8 Å². The van der Waals surface area contributed by atoms with Crippen LogP contribution in [0.3, 0.4) is 0 Å². The molecule has 0 aliphatic rings. The van der Waals surface area contributed by atoms with Gasteiger partial charge in [0.1, 0.15) is 11.6 Å². The standard InChI is InChI=1S/C12H9BrF2N2/c13-9-6-8(16)2-4-11(9)17-12-5-7(14)1-3-10(12)15/h1-6,17H,16H2. The van der Waals surface area contributed by atoms with E-state index in [1.807, 2.05) is 0 Å². The molecule has 2 rings (SSSR count). The van der Waals surface area contributed by atoms with Crippen molar-refractivity contribution >= 4 is 33.0 Å². The molecule has 0 fully saturated rings. The highest BCUT2D eigenvalue weighted by atomic mass is 79.9. The second-order valence-electron chi connectivity index (χ2n) is 3.49.